The minimum absolute atomic E-state index is 0.0202. The second kappa shape index (κ2) is 4.78. The number of carbonyl (C=O) groups excluding carboxylic acids is 1. The highest BCUT2D eigenvalue weighted by atomic mass is 16.2. The summed E-state index contributed by atoms with van der Waals surface area (Å²) < 4.78 is 0. The fraction of sp³-hybridized carbons (Fsp3) is 0.562. The number of rotatable bonds is 1. The Bertz CT molecular complexity index is 700. The first-order valence-corrected chi connectivity index (χ1v) is 7.61. The molecule has 1 aromatic carbocycles. The lowest BCUT2D eigenvalue weighted by Gasteiger charge is -2.54. The van der Waals surface area contributed by atoms with Crippen LogP contribution in [-0.4, -0.2) is 43.3 Å². The lowest BCUT2D eigenvalue weighted by molar-refractivity contribution is -0.0172. The number of fused-ring (bicyclic) bond motifs is 1. The summed E-state index contributed by atoms with van der Waals surface area (Å²) in [5.74, 6) is 0.0202. The molecule has 0 atom stereocenters. The molecular weight excluding hydrogens is 278 g/mol. The molecule has 0 saturated carbocycles. The maximum atomic E-state index is 13.1. The summed E-state index contributed by atoms with van der Waals surface area (Å²) in [6.45, 7) is 8.33. The van der Waals surface area contributed by atoms with Crippen molar-refractivity contribution >= 4 is 16.9 Å². The number of amides is 1. The smallest absolute Gasteiger partial charge is 0.254 e. The van der Waals surface area contributed by atoms with E-state index in [1.165, 1.54) is 0 Å². The summed E-state index contributed by atoms with van der Waals surface area (Å²) in [4.78, 5) is 15.1. The molecule has 118 valence electrons. The van der Waals surface area contributed by atoms with E-state index in [1.807, 2.05) is 17.0 Å². The predicted octanol–water partition coefficient (Wildman–Crippen LogP) is 2.08. The number of hydrogen-bond donors (Lipinski definition) is 2. The Kier molecular flexibility index (Phi) is 3.25. The molecular formula is C16H23N5O. The van der Waals surface area contributed by atoms with Gasteiger partial charge in [0.15, 0.2) is 0 Å². The van der Waals surface area contributed by atoms with E-state index in [1.54, 1.807) is 6.07 Å². The third-order valence-electron chi connectivity index (χ3n) is 4.50. The van der Waals surface area contributed by atoms with E-state index in [0.29, 0.717) is 11.1 Å². The van der Waals surface area contributed by atoms with Gasteiger partial charge in [-0.05, 0) is 58.7 Å². The molecule has 1 fully saturated rings. The second-order valence-electron chi connectivity index (χ2n) is 7.46. The van der Waals surface area contributed by atoms with Gasteiger partial charge in [-0.15, -0.1) is 0 Å². The van der Waals surface area contributed by atoms with Crippen molar-refractivity contribution in [2.75, 3.05) is 0 Å². The van der Waals surface area contributed by atoms with E-state index in [0.717, 1.165) is 18.4 Å². The Morgan fingerprint density at radius 2 is 1.77 bits per heavy atom. The number of aromatic nitrogens is 3. The number of carbonyl (C=O) groups is 1. The third kappa shape index (κ3) is 2.37. The molecule has 2 heterocycles. The van der Waals surface area contributed by atoms with Crippen LogP contribution in [0.5, 0.6) is 0 Å². The van der Waals surface area contributed by atoms with Gasteiger partial charge in [0, 0.05) is 22.7 Å². The molecule has 3 N–H and O–H groups in total. The number of benzene rings is 1. The average Bonchev–Trinajstić information content (AvgIpc) is 2.81. The lowest BCUT2D eigenvalue weighted by Crippen LogP contribution is -2.65. The zero-order chi connectivity index (χ0) is 16.1. The minimum Gasteiger partial charge on any atom is -0.328 e. The summed E-state index contributed by atoms with van der Waals surface area (Å²) in [7, 11) is 0. The zero-order valence-electron chi connectivity index (χ0n) is 13.6. The SMILES string of the molecule is CC1(C)CC(N)CC(C)(C)N1C(=O)c1ccc2n[nH]nc2c1. The molecule has 0 unspecified atom stereocenters. The number of piperidine rings is 1. The highest BCUT2D eigenvalue weighted by molar-refractivity contribution is 5.98. The van der Waals surface area contributed by atoms with E-state index in [2.05, 4.69) is 43.1 Å². The van der Waals surface area contributed by atoms with Crippen molar-refractivity contribution in [2.24, 2.45) is 5.73 Å². The topological polar surface area (TPSA) is 87.9 Å². The lowest BCUT2D eigenvalue weighted by atomic mass is 9.77. The molecule has 1 aromatic heterocycles. The molecule has 0 bridgehead atoms. The maximum Gasteiger partial charge on any atom is 0.254 e. The molecule has 22 heavy (non-hydrogen) atoms. The van der Waals surface area contributed by atoms with Gasteiger partial charge in [-0.2, -0.15) is 15.4 Å². The third-order valence-corrected chi connectivity index (χ3v) is 4.50. The molecule has 0 spiro atoms. The van der Waals surface area contributed by atoms with E-state index < -0.39 is 0 Å². The number of hydrogen-bond acceptors (Lipinski definition) is 4. The van der Waals surface area contributed by atoms with Crippen molar-refractivity contribution in [1.82, 2.24) is 20.3 Å². The number of aromatic amines is 1. The van der Waals surface area contributed by atoms with Gasteiger partial charge in [-0.3, -0.25) is 4.79 Å². The molecule has 0 radical (unpaired) electrons. The highest BCUT2D eigenvalue weighted by Gasteiger charge is 2.47. The van der Waals surface area contributed by atoms with Gasteiger partial charge in [0.25, 0.3) is 5.91 Å². The second-order valence-corrected chi connectivity index (χ2v) is 7.46. The fourth-order valence-electron chi connectivity index (χ4n) is 4.01. The average molecular weight is 301 g/mol. The number of nitrogens with one attached hydrogen (secondary N) is 1. The summed E-state index contributed by atoms with van der Waals surface area (Å²) in [6, 6.07) is 5.55. The van der Waals surface area contributed by atoms with Crippen LogP contribution in [0.4, 0.5) is 0 Å². The first-order valence-electron chi connectivity index (χ1n) is 7.61. The first-order chi connectivity index (χ1) is 10.2. The Labute approximate surface area is 130 Å². The molecule has 6 nitrogen and oxygen atoms in total. The van der Waals surface area contributed by atoms with Crippen LogP contribution in [0.1, 0.15) is 50.9 Å². The minimum atomic E-state index is -0.281. The van der Waals surface area contributed by atoms with Crippen LogP contribution in [-0.2, 0) is 0 Å². The molecule has 6 heteroatoms. The Morgan fingerprint density at radius 3 is 2.41 bits per heavy atom. The Morgan fingerprint density at radius 1 is 1.18 bits per heavy atom. The maximum absolute atomic E-state index is 13.1. The highest BCUT2D eigenvalue weighted by Crippen LogP contribution is 2.38. The van der Waals surface area contributed by atoms with Crippen molar-refractivity contribution in [3.63, 3.8) is 0 Å². The Balaban J connectivity index is 2.01. The van der Waals surface area contributed by atoms with Gasteiger partial charge in [-0.25, -0.2) is 0 Å². The summed E-state index contributed by atoms with van der Waals surface area (Å²) >= 11 is 0. The van der Waals surface area contributed by atoms with E-state index >= 15 is 0 Å². The molecule has 1 aliphatic heterocycles. The zero-order valence-corrected chi connectivity index (χ0v) is 13.6. The molecule has 0 aliphatic carbocycles. The van der Waals surface area contributed by atoms with Crippen LogP contribution in [0.25, 0.3) is 11.0 Å². The molecule has 1 aliphatic rings. The van der Waals surface area contributed by atoms with Crippen LogP contribution < -0.4 is 5.73 Å². The monoisotopic (exact) mass is 301 g/mol. The number of nitrogens with zero attached hydrogens (tertiary/aromatic N) is 3. The van der Waals surface area contributed by atoms with Gasteiger partial charge in [0.1, 0.15) is 11.0 Å². The van der Waals surface area contributed by atoms with E-state index in [-0.39, 0.29) is 23.0 Å². The predicted molar refractivity (Wildman–Crippen MR) is 85.4 cm³/mol. The quantitative estimate of drug-likeness (QED) is 0.844. The fourth-order valence-corrected chi connectivity index (χ4v) is 4.01. The summed E-state index contributed by atoms with van der Waals surface area (Å²) in [5.41, 5.74) is 7.73. The van der Waals surface area contributed by atoms with Crippen molar-refractivity contribution in [2.45, 2.75) is 57.7 Å². The van der Waals surface area contributed by atoms with E-state index in [4.69, 9.17) is 5.73 Å². The van der Waals surface area contributed by atoms with Crippen molar-refractivity contribution < 1.29 is 4.79 Å². The Hall–Kier alpha value is -1.95. The van der Waals surface area contributed by atoms with Crippen LogP contribution in [0, 0.1) is 0 Å². The molecule has 2 aromatic rings. The summed E-state index contributed by atoms with van der Waals surface area (Å²) in [5, 5.41) is 10.7. The van der Waals surface area contributed by atoms with Crippen molar-refractivity contribution in [3.05, 3.63) is 23.8 Å². The number of likely N-dealkylation sites (tertiary alicyclic amines) is 1. The van der Waals surface area contributed by atoms with Crippen LogP contribution in [0.2, 0.25) is 0 Å². The van der Waals surface area contributed by atoms with Gasteiger partial charge in [-0.1, -0.05) is 0 Å². The van der Waals surface area contributed by atoms with Crippen LogP contribution >= 0.6 is 0 Å². The molecule has 3 rings (SSSR count). The molecule has 1 amide bonds. The van der Waals surface area contributed by atoms with Crippen LogP contribution in [0.15, 0.2) is 18.2 Å². The molecule has 1 saturated heterocycles. The van der Waals surface area contributed by atoms with Crippen molar-refractivity contribution in [1.29, 1.82) is 0 Å². The largest absolute Gasteiger partial charge is 0.328 e. The number of nitrogens with two attached hydrogens (primary N) is 1. The van der Waals surface area contributed by atoms with Gasteiger partial charge >= 0.3 is 0 Å². The normalized spacial score (nSPS) is 21.2. The summed E-state index contributed by atoms with van der Waals surface area (Å²) in [6.07, 6.45) is 1.60. The van der Waals surface area contributed by atoms with Gasteiger partial charge in [0.2, 0.25) is 0 Å². The van der Waals surface area contributed by atoms with Crippen molar-refractivity contribution in [3.8, 4) is 0 Å². The van der Waals surface area contributed by atoms with Gasteiger partial charge < -0.3 is 10.6 Å². The van der Waals surface area contributed by atoms with E-state index in [9.17, 15) is 4.79 Å². The first kappa shape index (κ1) is 15.0. The number of H-pyrrole nitrogens is 1. The van der Waals surface area contributed by atoms with Gasteiger partial charge in [0.05, 0.1) is 0 Å². The standard InChI is InChI=1S/C16H23N5O/c1-15(2)8-11(17)9-16(3,4)21(15)14(22)10-5-6-12-13(7-10)19-20-18-12/h5-7,11H,8-9,17H2,1-4H3,(H,18,19,20). The van der Waals surface area contributed by atoms with Crippen LogP contribution in [0.3, 0.4) is 0 Å².